The lowest BCUT2D eigenvalue weighted by Gasteiger charge is -2.40. The van der Waals surface area contributed by atoms with Gasteiger partial charge in [-0.05, 0) is 51.2 Å². The number of hydrogen-bond acceptors (Lipinski definition) is 2. The maximum absolute atomic E-state index is 14.7. The molecule has 0 N–H and O–H groups in total. The van der Waals surface area contributed by atoms with Crippen LogP contribution in [0.5, 0.6) is 0 Å². The number of nitrogens with zero attached hydrogens (tertiary/aromatic N) is 2. The van der Waals surface area contributed by atoms with Crippen molar-refractivity contribution >= 4 is 0 Å². The second-order valence-electron chi connectivity index (χ2n) is 6.04. The highest BCUT2D eigenvalue weighted by molar-refractivity contribution is 4.89. The van der Waals surface area contributed by atoms with Crippen molar-refractivity contribution < 1.29 is 4.39 Å². The zero-order valence-corrected chi connectivity index (χ0v) is 11.4. The van der Waals surface area contributed by atoms with Crippen LogP contribution < -0.4 is 0 Å². The molecule has 0 aromatic rings. The fourth-order valence-corrected chi connectivity index (χ4v) is 3.05. The molecule has 0 atom stereocenters. The van der Waals surface area contributed by atoms with Gasteiger partial charge in [-0.3, -0.25) is 0 Å². The Balaban J connectivity index is 1.78. The average molecular weight is 242 g/mol. The highest BCUT2D eigenvalue weighted by Gasteiger charge is 2.36. The number of piperidine rings is 2. The Morgan fingerprint density at radius 1 is 1.06 bits per heavy atom. The van der Waals surface area contributed by atoms with Crippen LogP contribution in [0.4, 0.5) is 4.39 Å². The first-order chi connectivity index (χ1) is 8.11. The highest BCUT2D eigenvalue weighted by atomic mass is 19.1. The maximum atomic E-state index is 14.7. The molecule has 17 heavy (non-hydrogen) atoms. The van der Waals surface area contributed by atoms with E-state index in [1.54, 1.807) is 0 Å². The molecule has 0 bridgehead atoms. The Hall–Kier alpha value is -0.150. The third kappa shape index (κ3) is 3.65. The Morgan fingerprint density at radius 3 is 2.18 bits per heavy atom. The second kappa shape index (κ2) is 5.66. The topological polar surface area (TPSA) is 6.48 Å². The van der Waals surface area contributed by atoms with Crippen LogP contribution >= 0.6 is 0 Å². The third-order valence-electron chi connectivity index (χ3n) is 4.58. The molecule has 0 aliphatic carbocycles. The van der Waals surface area contributed by atoms with Crippen LogP contribution in [-0.4, -0.2) is 54.7 Å². The predicted octanol–water partition coefficient (Wildman–Crippen LogP) is 2.54. The molecule has 2 fully saturated rings. The number of hydrogen-bond donors (Lipinski definition) is 0. The molecule has 0 amide bonds. The third-order valence-corrected chi connectivity index (χ3v) is 4.58. The van der Waals surface area contributed by atoms with E-state index in [1.165, 1.54) is 12.8 Å². The molecule has 2 aliphatic heterocycles. The van der Waals surface area contributed by atoms with E-state index < -0.39 is 5.67 Å². The highest BCUT2D eigenvalue weighted by Crippen LogP contribution is 2.29. The number of rotatable bonds is 3. The van der Waals surface area contributed by atoms with E-state index in [0.29, 0.717) is 6.54 Å². The summed E-state index contributed by atoms with van der Waals surface area (Å²) in [5.74, 6) is 0.837. The first-order valence-corrected chi connectivity index (χ1v) is 7.25. The van der Waals surface area contributed by atoms with Crippen LogP contribution in [0.25, 0.3) is 0 Å². The summed E-state index contributed by atoms with van der Waals surface area (Å²) in [5.41, 5.74) is -0.910. The zero-order chi connectivity index (χ0) is 12.3. The van der Waals surface area contributed by atoms with Crippen molar-refractivity contribution in [3.05, 3.63) is 0 Å². The molecule has 0 aromatic carbocycles. The standard InChI is InChI=1S/C14H27FN2/c1-3-16-10-6-14(15,7-11-16)12-17-8-4-13(2)5-9-17/h13H,3-12H2,1-2H3. The summed E-state index contributed by atoms with van der Waals surface area (Å²) in [6.07, 6.45) is 3.95. The van der Waals surface area contributed by atoms with E-state index in [4.69, 9.17) is 0 Å². The van der Waals surface area contributed by atoms with Gasteiger partial charge in [0, 0.05) is 19.6 Å². The van der Waals surface area contributed by atoms with Gasteiger partial charge in [-0.25, -0.2) is 4.39 Å². The summed E-state index contributed by atoms with van der Waals surface area (Å²) < 4.78 is 14.7. The second-order valence-corrected chi connectivity index (χ2v) is 6.04. The SMILES string of the molecule is CCN1CCC(F)(CN2CCC(C)CC2)CC1. The molecule has 2 nitrogen and oxygen atoms in total. The summed E-state index contributed by atoms with van der Waals surface area (Å²) in [6.45, 7) is 10.3. The van der Waals surface area contributed by atoms with Crippen molar-refractivity contribution in [3.8, 4) is 0 Å². The zero-order valence-electron chi connectivity index (χ0n) is 11.4. The molecule has 100 valence electrons. The van der Waals surface area contributed by atoms with Crippen LogP contribution in [-0.2, 0) is 0 Å². The van der Waals surface area contributed by atoms with Gasteiger partial charge in [0.15, 0.2) is 0 Å². The fraction of sp³-hybridized carbons (Fsp3) is 1.00. The van der Waals surface area contributed by atoms with Crippen LogP contribution in [0, 0.1) is 5.92 Å². The minimum Gasteiger partial charge on any atom is -0.303 e. The molecule has 2 heterocycles. The number of alkyl halides is 1. The van der Waals surface area contributed by atoms with Crippen LogP contribution in [0.2, 0.25) is 0 Å². The molecular formula is C14H27FN2. The maximum Gasteiger partial charge on any atom is 0.126 e. The average Bonchev–Trinajstić information content (AvgIpc) is 2.33. The van der Waals surface area contributed by atoms with E-state index >= 15 is 0 Å². The molecule has 0 spiro atoms. The molecule has 0 unspecified atom stereocenters. The molecule has 2 aliphatic rings. The van der Waals surface area contributed by atoms with E-state index in [0.717, 1.165) is 51.5 Å². The van der Waals surface area contributed by atoms with Gasteiger partial charge in [0.2, 0.25) is 0 Å². The van der Waals surface area contributed by atoms with Gasteiger partial charge in [-0.1, -0.05) is 13.8 Å². The van der Waals surface area contributed by atoms with Crippen molar-refractivity contribution in [2.75, 3.05) is 39.3 Å². The van der Waals surface area contributed by atoms with E-state index in [9.17, 15) is 4.39 Å². The van der Waals surface area contributed by atoms with Gasteiger partial charge >= 0.3 is 0 Å². The normalized spacial score (nSPS) is 28.4. The first kappa shape index (κ1) is 13.3. The first-order valence-electron chi connectivity index (χ1n) is 7.25. The molecule has 0 radical (unpaired) electrons. The fourth-order valence-electron chi connectivity index (χ4n) is 3.05. The van der Waals surface area contributed by atoms with Gasteiger partial charge in [-0.15, -0.1) is 0 Å². The largest absolute Gasteiger partial charge is 0.303 e. The molecular weight excluding hydrogens is 215 g/mol. The minimum atomic E-state index is -0.910. The summed E-state index contributed by atoms with van der Waals surface area (Å²) >= 11 is 0. The molecule has 2 rings (SSSR count). The van der Waals surface area contributed by atoms with Gasteiger partial charge < -0.3 is 9.80 Å². The van der Waals surface area contributed by atoms with Crippen molar-refractivity contribution in [1.82, 2.24) is 9.80 Å². The number of likely N-dealkylation sites (tertiary alicyclic amines) is 2. The van der Waals surface area contributed by atoms with Crippen molar-refractivity contribution in [3.63, 3.8) is 0 Å². The summed E-state index contributed by atoms with van der Waals surface area (Å²) in [5, 5.41) is 0. The van der Waals surface area contributed by atoms with Crippen molar-refractivity contribution in [2.24, 2.45) is 5.92 Å². The van der Waals surface area contributed by atoms with Crippen molar-refractivity contribution in [1.29, 1.82) is 0 Å². The Morgan fingerprint density at radius 2 is 1.65 bits per heavy atom. The molecule has 0 aromatic heterocycles. The monoisotopic (exact) mass is 242 g/mol. The van der Waals surface area contributed by atoms with Crippen LogP contribution in [0.1, 0.15) is 39.5 Å². The number of halogens is 1. The van der Waals surface area contributed by atoms with Gasteiger partial charge in [0.1, 0.15) is 5.67 Å². The Bertz CT molecular complexity index is 228. The Kier molecular flexibility index (Phi) is 4.42. The quantitative estimate of drug-likeness (QED) is 0.750. The summed E-state index contributed by atoms with van der Waals surface area (Å²) in [4.78, 5) is 4.71. The lowest BCUT2D eigenvalue weighted by atomic mass is 9.91. The van der Waals surface area contributed by atoms with E-state index in [1.807, 2.05) is 0 Å². The Labute approximate surface area is 105 Å². The molecule has 0 saturated carbocycles. The van der Waals surface area contributed by atoms with Gasteiger partial charge in [-0.2, -0.15) is 0 Å². The lowest BCUT2D eigenvalue weighted by Crippen LogP contribution is -2.49. The van der Waals surface area contributed by atoms with Gasteiger partial charge in [0.05, 0.1) is 0 Å². The predicted molar refractivity (Wildman–Crippen MR) is 70.0 cm³/mol. The van der Waals surface area contributed by atoms with Crippen LogP contribution in [0.15, 0.2) is 0 Å². The summed E-state index contributed by atoms with van der Waals surface area (Å²) in [7, 11) is 0. The smallest absolute Gasteiger partial charge is 0.126 e. The van der Waals surface area contributed by atoms with E-state index in [-0.39, 0.29) is 0 Å². The van der Waals surface area contributed by atoms with Gasteiger partial charge in [0.25, 0.3) is 0 Å². The summed E-state index contributed by atoms with van der Waals surface area (Å²) in [6, 6.07) is 0. The minimum absolute atomic E-state index is 0.678. The van der Waals surface area contributed by atoms with Crippen LogP contribution in [0.3, 0.4) is 0 Å². The molecule has 2 saturated heterocycles. The van der Waals surface area contributed by atoms with Crippen molar-refractivity contribution in [2.45, 2.75) is 45.2 Å². The molecule has 3 heteroatoms. The van der Waals surface area contributed by atoms with E-state index in [2.05, 4.69) is 23.6 Å². The lowest BCUT2D eigenvalue weighted by molar-refractivity contribution is 0.0171.